The third-order valence-corrected chi connectivity index (χ3v) is 4.23. The average molecular weight is 336 g/mol. The molecule has 24 heavy (non-hydrogen) atoms. The first kappa shape index (κ1) is 15.7. The first-order valence-corrected chi connectivity index (χ1v) is 7.96. The highest BCUT2D eigenvalue weighted by Crippen LogP contribution is 2.25. The fraction of sp³-hybridized carbons (Fsp3) is 0.0556. The van der Waals surface area contributed by atoms with Gasteiger partial charge in [-0.25, -0.2) is 4.79 Å². The number of hydrogen-bond acceptors (Lipinski definition) is 5. The zero-order valence-electron chi connectivity index (χ0n) is 12.7. The molecular weight excluding hydrogens is 324 g/mol. The lowest BCUT2D eigenvalue weighted by Crippen LogP contribution is -2.12. The first-order valence-electron chi connectivity index (χ1n) is 7.08. The van der Waals surface area contributed by atoms with Gasteiger partial charge >= 0.3 is 5.97 Å². The van der Waals surface area contributed by atoms with Gasteiger partial charge < -0.3 is 9.72 Å². The monoisotopic (exact) mass is 336 g/mol. The Bertz CT molecular complexity index is 981. The molecule has 1 N–H and O–H groups in total. The first-order chi connectivity index (χ1) is 11.6. The number of thiophene rings is 1. The van der Waals surface area contributed by atoms with Crippen molar-refractivity contribution in [2.24, 2.45) is 0 Å². The second-order valence-corrected chi connectivity index (χ2v) is 6.02. The SMILES string of the molecule is Cc1cc(-c2ccc(OC(=O)c3cccs3)cc2)c(C#N)c(=O)[nH]1. The highest BCUT2D eigenvalue weighted by molar-refractivity contribution is 7.12. The van der Waals surface area contributed by atoms with Crippen molar-refractivity contribution in [3.63, 3.8) is 0 Å². The number of benzene rings is 1. The van der Waals surface area contributed by atoms with E-state index in [1.807, 2.05) is 6.07 Å². The number of rotatable bonds is 3. The third-order valence-electron chi connectivity index (χ3n) is 3.38. The molecule has 0 aliphatic rings. The van der Waals surface area contributed by atoms with Gasteiger partial charge in [0.25, 0.3) is 5.56 Å². The number of nitriles is 1. The molecule has 0 unspecified atom stereocenters. The molecule has 6 heteroatoms. The van der Waals surface area contributed by atoms with Crippen LogP contribution in [-0.2, 0) is 0 Å². The molecule has 0 aliphatic carbocycles. The van der Waals surface area contributed by atoms with E-state index in [9.17, 15) is 14.9 Å². The van der Waals surface area contributed by atoms with Crippen LogP contribution in [0.5, 0.6) is 5.75 Å². The Kier molecular flexibility index (Phi) is 4.27. The number of hydrogen-bond donors (Lipinski definition) is 1. The third kappa shape index (κ3) is 3.12. The summed E-state index contributed by atoms with van der Waals surface area (Å²) in [5.41, 5.74) is 1.57. The number of aryl methyl sites for hydroxylation is 1. The number of carbonyl (C=O) groups is 1. The van der Waals surface area contributed by atoms with E-state index in [2.05, 4.69) is 4.98 Å². The number of esters is 1. The molecular formula is C18H12N2O3S. The molecule has 3 rings (SSSR count). The standard InChI is InChI=1S/C18H12N2O3S/c1-11-9-14(15(10-19)17(21)20-11)12-4-6-13(7-5-12)23-18(22)16-3-2-8-24-16/h2-9H,1H3,(H,20,21). The Morgan fingerprint density at radius 1 is 1.25 bits per heavy atom. The van der Waals surface area contributed by atoms with Gasteiger partial charge in [0, 0.05) is 11.3 Å². The predicted octanol–water partition coefficient (Wildman–Crippen LogP) is 3.50. The van der Waals surface area contributed by atoms with Gasteiger partial charge in [-0.2, -0.15) is 5.26 Å². The Morgan fingerprint density at radius 2 is 2.00 bits per heavy atom. The summed E-state index contributed by atoms with van der Waals surface area (Å²) in [6, 6.07) is 13.8. The molecule has 118 valence electrons. The van der Waals surface area contributed by atoms with Crippen molar-refractivity contribution >= 4 is 17.3 Å². The molecule has 0 saturated heterocycles. The number of ether oxygens (including phenoxy) is 1. The van der Waals surface area contributed by atoms with Crippen LogP contribution < -0.4 is 10.3 Å². The Labute approximate surface area is 141 Å². The number of nitrogens with one attached hydrogen (secondary N) is 1. The molecule has 1 aromatic carbocycles. The molecule has 2 heterocycles. The summed E-state index contributed by atoms with van der Waals surface area (Å²) in [5.74, 6) is -0.0142. The van der Waals surface area contributed by atoms with Crippen LogP contribution in [0, 0.1) is 18.3 Å². The van der Waals surface area contributed by atoms with E-state index < -0.39 is 11.5 Å². The van der Waals surface area contributed by atoms with Crippen LogP contribution in [-0.4, -0.2) is 11.0 Å². The minimum Gasteiger partial charge on any atom is -0.422 e. The van der Waals surface area contributed by atoms with Crippen molar-refractivity contribution in [2.75, 3.05) is 0 Å². The van der Waals surface area contributed by atoms with Gasteiger partial charge in [0.15, 0.2) is 0 Å². The number of aromatic nitrogens is 1. The highest BCUT2D eigenvalue weighted by Gasteiger charge is 2.12. The lowest BCUT2D eigenvalue weighted by Gasteiger charge is -2.07. The number of aromatic amines is 1. The molecule has 0 amide bonds. The zero-order valence-corrected chi connectivity index (χ0v) is 13.5. The van der Waals surface area contributed by atoms with Crippen molar-refractivity contribution in [1.29, 1.82) is 5.26 Å². The van der Waals surface area contributed by atoms with Crippen LogP contribution in [0.25, 0.3) is 11.1 Å². The topological polar surface area (TPSA) is 82.9 Å². The molecule has 0 bridgehead atoms. The largest absolute Gasteiger partial charge is 0.422 e. The smallest absolute Gasteiger partial charge is 0.353 e. The summed E-state index contributed by atoms with van der Waals surface area (Å²) in [6.07, 6.45) is 0. The van der Waals surface area contributed by atoms with Gasteiger partial charge in [-0.15, -0.1) is 11.3 Å². The van der Waals surface area contributed by atoms with Gasteiger partial charge in [-0.1, -0.05) is 18.2 Å². The van der Waals surface area contributed by atoms with Crippen molar-refractivity contribution in [3.05, 3.63) is 74.3 Å². The van der Waals surface area contributed by atoms with E-state index in [0.717, 1.165) is 0 Å². The average Bonchev–Trinajstić information content (AvgIpc) is 3.09. The quantitative estimate of drug-likeness (QED) is 0.586. The predicted molar refractivity (Wildman–Crippen MR) is 91.2 cm³/mol. The molecule has 0 fully saturated rings. The van der Waals surface area contributed by atoms with E-state index in [1.54, 1.807) is 54.8 Å². The van der Waals surface area contributed by atoms with Gasteiger partial charge in [0.1, 0.15) is 22.3 Å². The van der Waals surface area contributed by atoms with Crippen LogP contribution in [0.4, 0.5) is 0 Å². The van der Waals surface area contributed by atoms with E-state index >= 15 is 0 Å². The lowest BCUT2D eigenvalue weighted by atomic mass is 10.0. The van der Waals surface area contributed by atoms with Gasteiger partial charge in [0.2, 0.25) is 0 Å². The molecule has 0 saturated carbocycles. The van der Waals surface area contributed by atoms with Crippen molar-refractivity contribution < 1.29 is 9.53 Å². The second-order valence-electron chi connectivity index (χ2n) is 5.07. The van der Waals surface area contributed by atoms with E-state index in [0.29, 0.717) is 27.4 Å². The van der Waals surface area contributed by atoms with E-state index in [1.165, 1.54) is 11.3 Å². The fourth-order valence-electron chi connectivity index (χ4n) is 2.28. The second kappa shape index (κ2) is 6.52. The number of carbonyl (C=O) groups excluding carboxylic acids is 1. The molecule has 0 aliphatic heterocycles. The summed E-state index contributed by atoms with van der Waals surface area (Å²) in [7, 11) is 0. The molecule has 3 aromatic rings. The molecule has 2 aromatic heterocycles. The summed E-state index contributed by atoms with van der Waals surface area (Å²) >= 11 is 1.31. The fourth-order valence-corrected chi connectivity index (χ4v) is 2.88. The summed E-state index contributed by atoms with van der Waals surface area (Å²) in [4.78, 5) is 26.9. The minimum absolute atomic E-state index is 0.0592. The summed E-state index contributed by atoms with van der Waals surface area (Å²) in [5, 5.41) is 11.0. The van der Waals surface area contributed by atoms with Crippen LogP contribution in [0.2, 0.25) is 0 Å². The zero-order chi connectivity index (χ0) is 17.1. The van der Waals surface area contributed by atoms with E-state index in [-0.39, 0.29) is 5.56 Å². The van der Waals surface area contributed by atoms with Crippen LogP contribution in [0.15, 0.2) is 52.6 Å². The van der Waals surface area contributed by atoms with Crippen LogP contribution in [0.1, 0.15) is 20.9 Å². The Morgan fingerprint density at radius 3 is 2.62 bits per heavy atom. The van der Waals surface area contributed by atoms with Gasteiger partial charge in [-0.3, -0.25) is 4.79 Å². The Balaban J connectivity index is 1.89. The van der Waals surface area contributed by atoms with Gasteiger partial charge in [0.05, 0.1) is 0 Å². The maximum Gasteiger partial charge on any atom is 0.353 e. The van der Waals surface area contributed by atoms with Crippen LogP contribution >= 0.6 is 11.3 Å². The maximum atomic E-state index is 11.9. The van der Waals surface area contributed by atoms with E-state index in [4.69, 9.17) is 4.74 Å². The molecule has 5 nitrogen and oxygen atoms in total. The molecule has 0 atom stereocenters. The minimum atomic E-state index is -0.416. The number of nitrogens with zero attached hydrogens (tertiary/aromatic N) is 1. The normalized spacial score (nSPS) is 10.2. The highest BCUT2D eigenvalue weighted by atomic mass is 32.1. The number of H-pyrrole nitrogens is 1. The van der Waals surface area contributed by atoms with Gasteiger partial charge in [-0.05, 0) is 42.1 Å². The van der Waals surface area contributed by atoms with Crippen molar-refractivity contribution in [1.82, 2.24) is 4.98 Å². The van der Waals surface area contributed by atoms with Crippen LogP contribution in [0.3, 0.4) is 0 Å². The number of pyridine rings is 1. The summed E-state index contributed by atoms with van der Waals surface area (Å²) < 4.78 is 5.29. The molecule has 0 radical (unpaired) electrons. The molecule has 0 spiro atoms. The summed E-state index contributed by atoms with van der Waals surface area (Å²) in [6.45, 7) is 1.75. The van der Waals surface area contributed by atoms with Crippen molar-refractivity contribution in [2.45, 2.75) is 6.92 Å². The maximum absolute atomic E-state index is 11.9. The lowest BCUT2D eigenvalue weighted by molar-refractivity contribution is 0.0740. The van der Waals surface area contributed by atoms with Crippen molar-refractivity contribution in [3.8, 4) is 22.9 Å². The Hall–Kier alpha value is -3.17.